The first-order chi connectivity index (χ1) is 6.42. The summed E-state index contributed by atoms with van der Waals surface area (Å²) in [7, 11) is 0. The normalized spacial score (nSPS) is 16.4. The lowest BCUT2D eigenvalue weighted by Crippen LogP contribution is -2.40. The molecule has 1 aromatic carbocycles. The Morgan fingerprint density at radius 2 is 1.57 bits per heavy atom. The first-order valence-electron chi connectivity index (χ1n) is 3.87. The lowest BCUT2D eigenvalue weighted by Gasteiger charge is -2.33. The van der Waals surface area contributed by atoms with E-state index in [4.69, 9.17) is 5.11 Å². The fourth-order valence-electron chi connectivity index (χ4n) is 0.968. The van der Waals surface area contributed by atoms with Gasteiger partial charge in [0.2, 0.25) is 0 Å². The number of aliphatic hydroxyl groups is 2. The summed E-state index contributed by atoms with van der Waals surface area (Å²) < 4.78 is -1.69. The molecule has 0 amide bonds. The van der Waals surface area contributed by atoms with Crippen LogP contribution in [0.25, 0.3) is 0 Å². The Morgan fingerprint density at radius 3 is 2.00 bits per heavy atom. The van der Waals surface area contributed by atoms with Gasteiger partial charge in [-0.15, -0.1) is 0 Å². The third kappa shape index (κ3) is 2.71. The standard InChI is InChI=1S/C9H9I3O2/c10-8(14,6-13)9(11,12)7-4-2-1-3-5-7/h1-5,13-14H,6H2. The third-order valence-electron chi connectivity index (χ3n) is 1.83. The van der Waals surface area contributed by atoms with Crippen LogP contribution in [0.5, 0.6) is 0 Å². The van der Waals surface area contributed by atoms with Crippen LogP contribution in [-0.2, 0) is 1.43 Å². The van der Waals surface area contributed by atoms with Crippen LogP contribution in [-0.4, -0.2) is 20.4 Å². The van der Waals surface area contributed by atoms with Gasteiger partial charge in [0.25, 0.3) is 0 Å². The third-order valence-corrected chi connectivity index (χ3v) is 8.07. The number of alkyl halides is 3. The molecule has 0 aliphatic rings. The number of hydrogen-bond donors (Lipinski definition) is 2. The van der Waals surface area contributed by atoms with Crippen molar-refractivity contribution in [3.8, 4) is 0 Å². The van der Waals surface area contributed by atoms with Crippen molar-refractivity contribution < 1.29 is 10.2 Å². The maximum absolute atomic E-state index is 10.0. The molecule has 1 atom stereocenters. The molecular formula is C9H9I3O2. The monoisotopic (exact) mass is 530 g/mol. The molecule has 0 aliphatic heterocycles. The Bertz CT molecular complexity index is 298. The Morgan fingerprint density at radius 1 is 1.07 bits per heavy atom. The van der Waals surface area contributed by atoms with Gasteiger partial charge < -0.3 is 10.2 Å². The predicted molar refractivity (Wildman–Crippen MR) is 82.2 cm³/mol. The van der Waals surface area contributed by atoms with Crippen LogP contribution < -0.4 is 0 Å². The first kappa shape index (κ1) is 13.4. The van der Waals surface area contributed by atoms with Gasteiger partial charge in [-0.1, -0.05) is 75.5 Å². The highest BCUT2D eigenvalue weighted by atomic mass is 127. The summed E-state index contributed by atoms with van der Waals surface area (Å²) in [5, 5.41) is 19.1. The highest BCUT2D eigenvalue weighted by molar-refractivity contribution is 14.2. The van der Waals surface area contributed by atoms with E-state index in [2.05, 4.69) is 45.2 Å². The van der Waals surface area contributed by atoms with Crippen molar-refractivity contribution in [1.29, 1.82) is 0 Å². The van der Waals surface area contributed by atoms with E-state index >= 15 is 0 Å². The smallest absolute Gasteiger partial charge is 0.166 e. The maximum Gasteiger partial charge on any atom is 0.166 e. The van der Waals surface area contributed by atoms with E-state index in [0.717, 1.165) is 5.56 Å². The summed E-state index contributed by atoms with van der Waals surface area (Å²) in [6.45, 7) is -0.270. The van der Waals surface area contributed by atoms with Gasteiger partial charge in [-0.25, -0.2) is 0 Å². The molecule has 0 radical (unpaired) electrons. The molecule has 2 nitrogen and oxygen atoms in total. The van der Waals surface area contributed by atoms with Crippen molar-refractivity contribution in [3.05, 3.63) is 35.9 Å². The maximum atomic E-state index is 10.0. The van der Waals surface area contributed by atoms with Crippen LogP contribution in [0.4, 0.5) is 0 Å². The predicted octanol–water partition coefficient (Wildman–Crippen LogP) is 2.83. The highest BCUT2D eigenvalue weighted by Gasteiger charge is 2.45. The van der Waals surface area contributed by atoms with Crippen molar-refractivity contribution in [3.63, 3.8) is 0 Å². The van der Waals surface area contributed by atoms with E-state index < -0.39 is 5.04 Å². The van der Waals surface area contributed by atoms with Crippen molar-refractivity contribution in [2.75, 3.05) is 6.61 Å². The van der Waals surface area contributed by atoms with E-state index in [1.807, 2.05) is 52.9 Å². The molecule has 2 N–H and O–H groups in total. The lowest BCUT2D eigenvalue weighted by atomic mass is 10.1. The number of halogens is 3. The molecule has 1 unspecified atom stereocenters. The highest BCUT2D eigenvalue weighted by Crippen LogP contribution is 2.51. The summed E-state index contributed by atoms with van der Waals surface area (Å²) in [6, 6.07) is 9.66. The second kappa shape index (κ2) is 5.11. The Kier molecular flexibility index (Phi) is 4.89. The van der Waals surface area contributed by atoms with Gasteiger partial charge in [-0.2, -0.15) is 0 Å². The number of aliphatic hydroxyl groups excluding tert-OH is 1. The van der Waals surface area contributed by atoms with E-state index in [1.165, 1.54) is 0 Å². The largest absolute Gasteiger partial charge is 0.392 e. The minimum absolute atomic E-state index is 0.270. The number of benzene rings is 1. The molecule has 14 heavy (non-hydrogen) atoms. The van der Waals surface area contributed by atoms with Gasteiger partial charge in [-0.05, 0) is 28.2 Å². The van der Waals surface area contributed by atoms with Gasteiger partial charge in [0.1, 0.15) is 1.43 Å². The van der Waals surface area contributed by atoms with Crippen LogP contribution >= 0.6 is 67.8 Å². The fourth-order valence-corrected chi connectivity index (χ4v) is 2.34. The second-order valence-corrected chi connectivity index (χ2v) is 9.94. The Hall–Kier alpha value is 1.33. The van der Waals surface area contributed by atoms with Crippen LogP contribution in [0.2, 0.25) is 0 Å². The molecule has 0 aromatic heterocycles. The van der Waals surface area contributed by atoms with E-state index in [-0.39, 0.29) is 6.61 Å². The number of hydrogen-bond acceptors (Lipinski definition) is 2. The summed E-state index contributed by atoms with van der Waals surface area (Å²) in [4.78, 5) is 0. The zero-order chi connectivity index (χ0) is 10.8. The fraction of sp³-hybridized carbons (Fsp3) is 0.333. The molecule has 0 saturated heterocycles. The molecule has 0 saturated carbocycles. The SMILES string of the molecule is OCC(O)(I)C(I)(I)c1ccccc1. The zero-order valence-electron chi connectivity index (χ0n) is 7.12. The molecule has 78 valence electrons. The lowest BCUT2D eigenvalue weighted by molar-refractivity contribution is 0.0777. The van der Waals surface area contributed by atoms with E-state index in [9.17, 15) is 5.11 Å². The van der Waals surface area contributed by atoms with Crippen LogP contribution in [0, 0.1) is 0 Å². The molecule has 1 aromatic rings. The molecule has 0 aliphatic carbocycles. The molecule has 0 fully saturated rings. The van der Waals surface area contributed by atoms with Crippen LogP contribution in [0.15, 0.2) is 30.3 Å². The van der Waals surface area contributed by atoms with Gasteiger partial charge in [0.15, 0.2) is 3.61 Å². The minimum Gasteiger partial charge on any atom is -0.392 e. The average molecular weight is 530 g/mol. The molecule has 0 spiro atoms. The van der Waals surface area contributed by atoms with Crippen molar-refractivity contribution in [2.24, 2.45) is 0 Å². The second-order valence-electron chi connectivity index (χ2n) is 2.86. The quantitative estimate of drug-likeness (QED) is 0.467. The van der Waals surface area contributed by atoms with Crippen LogP contribution in [0.3, 0.4) is 0 Å². The summed E-state index contributed by atoms with van der Waals surface area (Å²) in [6.07, 6.45) is 0. The number of rotatable bonds is 3. The summed E-state index contributed by atoms with van der Waals surface area (Å²) >= 11 is 6.18. The molecule has 0 heterocycles. The minimum atomic E-state index is -1.16. The molecule has 5 heteroatoms. The van der Waals surface area contributed by atoms with Gasteiger partial charge in [0, 0.05) is 0 Å². The van der Waals surface area contributed by atoms with Crippen LogP contribution in [0.1, 0.15) is 5.56 Å². The van der Waals surface area contributed by atoms with Crippen molar-refractivity contribution >= 4 is 67.8 Å². The first-order valence-corrected chi connectivity index (χ1v) is 7.11. The average Bonchev–Trinajstić information content (AvgIpc) is 2.19. The van der Waals surface area contributed by atoms with Gasteiger partial charge in [0.05, 0.1) is 6.61 Å². The zero-order valence-corrected chi connectivity index (χ0v) is 13.6. The van der Waals surface area contributed by atoms with E-state index in [0.29, 0.717) is 0 Å². The van der Waals surface area contributed by atoms with Crippen molar-refractivity contribution in [1.82, 2.24) is 0 Å². The van der Waals surface area contributed by atoms with Crippen molar-refractivity contribution in [2.45, 2.75) is 5.04 Å². The summed E-state index contributed by atoms with van der Waals surface area (Å²) in [5.41, 5.74) is 0.993. The summed E-state index contributed by atoms with van der Waals surface area (Å²) in [5.74, 6) is 0. The molecule has 0 bridgehead atoms. The Labute approximate surface area is 124 Å². The van der Waals surface area contributed by atoms with E-state index in [1.54, 1.807) is 0 Å². The topological polar surface area (TPSA) is 40.5 Å². The Balaban J connectivity index is 3.08. The van der Waals surface area contributed by atoms with Gasteiger partial charge in [-0.3, -0.25) is 0 Å². The van der Waals surface area contributed by atoms with Gasteiger partial charge >= 0.3 is 0 Å². The molecular weight excluding hydrogens is 521 g/mol. The molecule has 1 rings (SSSR count).